The Morgan fingerprint density at radius 2 is 1.93 bits per heavy atom. The molecule has 1 atom stereocenters. The van der Waals surface area contributed by atoms with E-state index in [1.54, 1.807) is 7.05 Å². The van der Waals surface area contributed by atoms with E-state index in [9.17, 15) is 4.79 Å². The van der Waals surface area contributed by atoms with Gasteiger partial charge in [-0.2, -0.15) is 0 Å². The molecule has 0 spiro atoms. The predicted octanol–water partition coefficient (Wildman–Crippen LogP) is 2.55. The maximum Gasteiger partial charge on any atom is 0.220 e. The monoisotopic (exact) mass is 487 g/mol. The van der Waals surface area contributed by atoms with Crippen LogP contribution in [0.3, 0.4) is 0 Å². The van der Waals surface area contributed by atoms with E-state index in [0.717, 1.165) is 38.4 Å². The zero-order chi connectivity index (χ0) is 18.9. The fourth-order valence-electron chi connectivity index (χ4n) is 3.34. The van der Waals surface area contributed by atoms with Gasteiger partial charge in [0.1, 0.15) is 0 Å². The Labute approximate surface area is 180 Å². The summed E-state index contributed by atoms with van der Waals surface area (Å²) < 4.78 is 0. The molecule has 2 N–H and O–H groups in total. The van der Waals surface area contributed by atoms with Crippen molar-refractivity contribution in [1.82, 2.24) is 15.5 Å². The Hall–Kier alpha value is -1.51. The van der Waals surface area contributed by atoms with Crippen LogP contribution in [0.5, 0.6) is 0 Å². The molecule has 1 heterocycles. The molecule has 1 amide bonds. The summed E-state index contributed by atoms with van der Waals surface area (Å²) in [6, 6.07) is 10.8. The minimum atomic E-state index is 0. The summed E-state index contributed by atoms with van der Waals surface area (Å²) >= 11 is 0. The van der Waals surface area contributed by atoms with Crippen LogP contribution in [0, 0.1) is 5.92 Å². The van der Waals surface area contributed by atoms with Gasteiger partial charge in [0.25, 0.3) is 0 Å². The van der Waals surface area contributed by atoms with Gasteiger partial charge in [-0.3, -0.25) is 9.79 Å². The molecule has 1 aromatic rings. The van der Waals surface area contributed by atoms with Gasteiger partial charge in [-0.15, -0.1) is 24.0 Å². The Morgan fingerprint density at radius 3 is 2.48 bits per heavy atom. The normalized spacial score (nSPS) is 16.3. The molecule has 1 aliphatic heterocycles. The molecular weight excluding hydrogens is 453 g/mol. The number of benzene rings is 1. The number of likely N-dealkylation sites (tertiary alicyclic amines) is 1. The van der Waals surface area contributed by atoms with Gasteiger partial charge in [0, 0.05) is 58.9 Å². The summed E-state index contributed by atoms with van der Waals surface area (Å²) in [4.78, 5) is 20.6. The average Bonchev–Trinajstić information content (AvgIpc) is 2.69. The van der Waals surface area contributed by atoms with Crippen molar-refractivity contribution in [1.29, 1.82) is 0 Å². The maximum absolute atomic E-state index is 11.5. The second-order valence-electron chi connectivity index (χ2n) is 7.03. The van der Waals surface area contributed by atoms with Crippen molar-refractivity contribution in [3.8, 4) is 0 Å². The highest BCUT2D eigenvalue weighted by Gasteiger charge is 2.23. The van der Waals surface area contributed by atoms with E-state index in [0.29, 0.717) is 18.4 Å². The van der Waals surface area contributed by atoms with Gasteiger partial charge in [-0.25, -0.2) is 0 Å². The number of hydrogen-bond acceptors (Lipinski definition) is 3. The number of hydrogen-bond donors (Lipinski definition) is 2. The standard InChI is InChI=1S/C20H33N5O.HI/c1-16(24(4)18-8-6-5-7-9-18)15-23-20(22-3)25-12-10-17(11-13-25)14-19(26)21-2;/h5-9,16-17H,10-15H2,1-4H3,(H,21,26)(H,22,23);1H. The molecule has 152 valence electrons. The van der Waals surface area contributed by atoms with E-state index >= 15 is 0 Å². The van der Waals surface area contributed by atoms with Crippen molar-refractivity contribution < 1.29 is 4.79 Å². The topological polar surface area (TPSA) is 60.0 Å². The number of halogens is 1. The largest absolute Gasteiger partial charge is 0.370 e. The average molecular weight is 487 g/mol. The van der Waals surface area contributed by atoms with E-state index in [-0.39, 0.29) is 29.9 Å². The number of aliphatic imine (C=N–C) groups is 1. The molecular formula is C20H34IN5O. The Morgan fingerprint density at radius 1 is 1.30 bits per heavy atom. The van der Waals surface area contributed by atoms with Crippen molar-refractivity contribution in [3.63, 3.8) is 0 Å². The first-order chi connectivity index (χ1) is 12.5. The van der Waals surface area contributed by atoms with Crippen LogP contribution in [-0.4, -0.2) is 63.6 Å². The van der Waals surface area contributed by atoms with Crippen LogP contribution in [0.1, 0.15) is 26.2 Å². The zero-order valence-corrected chi connectivity index (χ0v) is 19.3. The first kappa shape index (κ1) is 23.5. The fraction of sp³-hybridized carbons (Fsp3) is 0.600. The van der Waals surface area contributed by atoms with Crippen LogP contribution in [0.15, 0.2) is 35.3 Å². The van der Waals surface area contributed by atoms with Gasteiger partial charge >= 0.3 is 0 Å². The quantitative estimate of drug-likeness (QED) is 0.368. The Kier molecular flexibility index (Phi) is 10.5. The summed E-state index contributed by atoms with van der Waals surface area (Å²) in [6.07, 6.45) is 2.70. The van der Waals surface area contributed by atoms with Crippen molar-refractivity contribution in [2.75, 3.05) is 45.7 Å². The molecule has 1 aliphatic rings. The number of likely N-dealkylation sites (N-methyl/N-ethyl adjacent to an activating group) is 1. The number of piperidine rings is 1. The number of guanidine groups is 1. The van der Waals surface area contributed by atoms with Gasteiger partial charge in [0.05, 0.1) is 0 Å². The molecule has 1 unspecified atom stereocenters. The van der Waals surface area contributed by atoms with E-state index in [2.05, 4.69) is 63.7 Å². The van der Waals surface area contributed by atoms with Crippen LogP contribution >= 0.6 is 24.0 Å². The first-order valence-electron chi connectivity index (χ1n) is 9.49. The second-order valence-corrected chi connectivity index (χ2v) is 7.03. The maximum atomic E-state index is 11.5. The second kappa shape index (κ2) is 12.0. The number of amides is 1. The third-order valence-electron chi connectivity index (χ3n) is 5.26. The lowest BCUT2D eigenvalue weighted by atomic mass is 9.93. The van der Waals surface area contributed by atoms with Crippen molar-refractivity contribution in [3.05, 3.63) is 30.3 Å². The van der Waals surface area contributed by atoms with Crippen LogP contribution in [0.25, 0.3) is 0 Å². The van der Waals surface area contributed by atoms with Crippen LogP contribution in [-0.2, 0) is 4.79 Å². The lowest BCUT2D eigenvalue weighted by Crippen LogP contribution is -2.49. The molecule has 6 nitrogen and oxygen atoms in total. The summed E-state index contributed by atoms with van der Waals surface area (Å²) in [6.45, 7) is 4.94. The Bertz CT molecular complexity index is 587. The number of nitrogens with one attached hydrogen (secondary N) is 2. The van der Waals surface area contributed by atoms with E-state index in [1.807, 2.05) is 13.1 Å². The van der Waals surface area contributed by atoms with Gasteiger partial charge in [-0.1, -0.05) is 18.2 Å². The molecule has 1 saturated heterocycles. The van der Waals surface area contributed by atoms with Crippen LogP contribution in [0.2, 0.25) is 0 Å². The Balaban J connectivity index is 0.00000364. The number of carbonyl (C=O) groups is 1. The number of carbonyl (C=O) groups excluding carboxylic acids is 1. The summed E-state index contributed by atoms with van der Waals surface area (Å²) in [5.41, 5.74) is 1.21. The van der Waals surface area contributed by atoms with Gasteiger partial charge in [-0.05, 0) is 37.8 Å². The first-order valence-corrected chi connectivity index (χ1v) is 9.49. The molecule has 7 heteroatoms. The number of anilines is 1. The van der Waals surface area contributed by atoms with Gasteiger partial charge in [0.2, 0.25) is 5.91 Å². The molecule has 27 heavy (non-hydrogen) atoms. The lowest BCUT2D eigenvalue weighted by Gasteiger charge is -2.35. The summed E-state index contributed by atoms with van der Waals surface area (Å²) in [5.74, 6) is 1.58. The van der Waals surface area contributed by atoms with E-state index in [1.165, 1.54) is 5.69 Å². The molecule has 0 aromatic heterocycles. The molecule has 0 bridgehead atoms. The highest BCUT2D eigenvalue weighted by Crippen LogP contribution is 2.20. The number of rotatable bonds is 6. The molecule has 1 aromatic carbocycles. The molecule has 0 saturated carbocycles. The number of nitrogens with zero attached hydrogens (tertiary/aromatic N) is 3. The zero-order valence-electron chi connectivity index (χ0n) is 16.9. The third-order valence-corrected chi connectivity index (χ3v) is 5.26. The van der Waals surface area contributed by atoms with E-state index < -0.39 is 0 Å². The molecule has 0 aliphatic carbocycles. The third kappa shape index (κ3) is 7.20. The van der Waals surface area contributed by atoms with Crippen molar-refractivity contribution in [2.45, 2.75) is 32.2 Å². The molecule has 2 rings (SSSR count). The van der Waals surface area contributed by atoms with Crippen molar-refractivity contribution >= 4 is 41.5 Å². The molecule has 1 fully saturated rings. The SMILES string of the molecule is CN=C(NCC(C)N(C)c1ccccc1)N1CCC(CC(=O)NC)CC1.I. The fourth-order valence-corrected chi connectivity index (χ4v) is 3.34. The van der Waals surface area contributed by atoms with E-state index in [4.69, 9.17) is 0 Å². The predicted molar refractivity (Wildman–Crippen MR) is 124 cm³/mol. The number of para-hydroxylation sites is 1. The van der Waals surface area contributed by atoms with Crippen molar-refractivity contribution in [2.24, 2.45) is 10.9 Å². The van der Waals surface area contributed by atoms with Crippen LogP contribution < -0.4 is 15.5 Å². The minimum absolute atomic E-state index is 0. The highest BCUT2D eigenvalue weighted by atomic mass is 127. The highest BCUT2D eigenvalue weighted by molar-refractivity contribution is 14.0. The molecule has 0 radical (unpaired) electrons. The van der Waals surface area contributed by atoms with Gasteiger partial charge in [0.15, 0.2) is 5.96 Å². The summed E-state index contributed by atoms with van der Waals surface area (Å²) in [5, 5.41) is 6.23. The minimum Gasteiger partial charge on any atom is -0.370 e. The van der Waals surface area contributed by atoms with Crippen LogP contribution in [0.4, 0.5) is 5.69 Å². The lowest BCUT2D eigenvalue weighted by molar-refractivity contribution is -0.121. The van der Waals surface area contributed by atoms with Gasteiger partial charge < -0.3 is 20.4 Å². The smallest absolute Gasteiger partial charge is 0.220 e. The summed E-state index contributed by atoms with van der Waals surface area (Å²) in [7, 11) is 5.66.